The maximum absolute atomic E-state index is 4.50. The average Bonchev–Trinajstić information content (AvgIpc) is 2.85. The van der Waals surface area contributed by atoms with Crippen LogP contribution in [0.4, 0.5) is 5.13 Å². The molecule has 1 atom stereocenters. The van der Waals surface area contributed by atoms with Gasteiger partial charge in [0.25, 0.3) is 0 Å². The molecule has 0 aliphatic heterocycles. The zero-order chi connectivity index (χ0) is 12.5. The summed E-state index contributed by atoms with van der Waals surface area (Å²) < 4.78 is 4.37. The normalized spacial score (nSPS) is 13.6. The van der Waals surface area contributed by atoms with Gasteiger partial charge in [-0.05, 0) is 6.92 Å². The van der Waals surface area contributed by atoms with E-state index in [0.717, 1.165) is 16.0 Å². The van der Waals surface area contributed by atoms with Gasteiger partial charge in [0, 0.05) is 28.5 Å². The molecule has 6 heteroatoms. The predicted molar refractivity (Wildman–Crippen MR) is 72.8 cm³/mol. The predicted octanol–water partition coefficient (Wildman–Crippen LogP) is 3.47. The maximum atomic E-state index is 4.50. The van der Waals surface area contributed by atoms with Crippen LogP contribution in [0.15, 0.2) is 11.6 Å². The maximum Gasteiger partial charge on any atom is 0.203 e. The summed E-state index contributed by atoms with van der Waals surface area (Å²) >= 11 is 3.05. The number of nitrogens with zero attached hydrogens (tertiary/aromatic N) is 3. The summed E-state index contributed by atoms with van der Waals surface area (Å²) in [5, 5.41) is 7.24. The summed E-state index contributed by atoms with van der Waals surface area (Å²) in [6, 6.07) is 0.177. The lowest BCUT2D eigenvalue weighted by Crippen LogP contribution is -2.13. The third-order valence-electron chi connectivity index (χ3n) is 2.26. The van der Waals surface area contributed by atoms with Crippen LogP contribution in [0.1, 0.15) is 44.6 Å². The Bertz CT molecular complexity index is 470. The van der Waals surface area contributed by atoms with Crippen molar-refractivity contribution >= 4 is 28.0 Å². The van der Waals surface area contributed by atoms with Crippen molar-refractivity contribution in [1.82, 2.24) is 14.3 Å². The number of thiazole rings is 1. The highest BCUT2D eigenvalue weighted by Gasteiger charge is 2.20. The number of hydrogen-bond acceptors (Lipinski definition) is 6. The van der Waals surface area contributed by atoms with Crippen LogP contribution in [0.5, 0.6) is 0 Å². The number of aromatic nitrogens is 3. The first kappa shape index (κ1) is 12.4. The fourth-order valence-corrected chi connectivity index (χ4v) is 2.77. The van der Waals surface area contributed by atoms with Gasteiger partial charge in [0.2, 0.25) is 5.13 Å². The van der Waals surface area contributed by atoms with Crippen molar-refractivity contribution in [2.24, 2.45) is 0 Å². The van der Waals surface area contributed by atoms with Gasteiger partial charge in [-0.2, -0.15) is 4.37 Å². The minimum Gasteiger partial charge on any atom is -0.351 e. The first-order valence-electron chi connectivity index (χ1n) is 5.47. The molecule has 1 unspecified atom stereocenters. The number of anilines is 1. The fraction of sp³-hybridized carbons (Fsp3) is 0.545. The summed E-state index contributed by atoms with van der Waals surface area (Å²) in [7, 11) is 0. The molecule has 1 N–H and O–H groups in total. The van der Waals surface area contributed by atoms with Gasteiger partial charge in [-0.25, -0.2) is 9.97 Å². The molecule has 0 aromatic carbocycles. The number of hydrogen-bond donors (Lipinski definition) is 1. The van der Waals surface area contributed by atoms with Crippen LogP contribution in [0.2, 0.25) is 0 Å². The number of nitrogens with one attached hydrogen (secondary N) is 1. The van der Waals surface area contributed by atoms with Crippen molar-refractivity contribution in [3.8, 4) is 0 Å². The molecule has 0 amide bonds. The van der Waals surface area contributed by atoms with E-state index in [9.17, 15) is 0 Å². The van der Waals surface area contributed by atoms with Gasteiger partial charge in [0.1, 0.15) is 10.8 Å². The zero-order valence-electron chi connectivity index (χ0n) is 10.4. The van der Waals surface area contributed by atoms with Gasteiger partial charge in [-0.15, -0.1) is 11.3 Å². The van der Waals surface area contributed by atoms with E-state index >= 15 is 0 Å². The van der Waals surface area contributed by atoms with Crippen LogP contribution in [0, 0.1) is 0 Å². The van der Waals surface area contributed by atoms with E-state index in [1.807, 2.05) is 11.6 Å². The number of rotatable bonds is 3. The Kier molecular flexibility index (Phi) is 3.44. The van der Waals surface area contributed by atoms with Crippen LogP contribution in [-0.4, -0.2) is 14.3 Å². The van der Waals surface area contributed by atoms with Crippen molar-refractivity contribution in [1.29, 1.82) is 0 Å². The Morgan fingerprint density at radius 2 is 2.12 bits per heavy atom. The summed E-state index contributed by atoms with van der Waals surface area (Å²) in [5.41, 5.74) is 0.000843. The Balaban J connectivity index is 2.07. The van der Waals surface area contributed by atoms with Crippen molar-refractivity contribution < 1.29 is 0 Å². The van der Waals surface area contributed by atoms with Crippen LogP contribution in [0.3, 0.4) is 0 Å². The molecule has 0 spiro atoms. The van der Waals surface area contributed by atoms with E-state index in [4.69, 9.17) is 0 Å². The molecule has 2 heterocycles. The lowest BCUT2D eigenvalue weighted by molar-refractivity contribution is 0.555. The highest BCUT2D eigenvalue weighted by molar-refractivity contribution is 7.10. The first-order chi connectivity index (χ1) is 7.97. The Morgan fingerprint density at radius 3 is 2.65 bits per heavy atom. The average molecular weight is 268 g/mol. The molecule has 0 radical (unpaired) electrons. The van der Waals surface area contributed by atoms with E-state index in [-0.39, 0.29) is 11.5 Å². The first-order valence-corrected chi connectivity index (χ1v) is 7.12. The zero-order valence-corrected chi connectivity index (χ0v) is 12.0. The molecule has 0 bridgehead atoms. The van der Waals surface area contributed by atoms with E-state index in [1.165, 1.54) is 11.5 Å². The highest BCUT2D eigenvalue weighted by atomic mass is 32.1. The molecule has 0 fully saturated rings. The second kappa shape index (κ2) is 4.70. The van der Waals surface area contributed by atoms with Crippen molar-refractivity contribution in [3.05, 3.63) is 22.4 Å². The minimum atomic E-state index is 0.000843. The van der Waals surface area contributed by atoms with Crippen molar-refractivity contribution in [2.75, 3.05) is 5.32 Å². The van der Waals surface area contributed by atoms with Gasteiger partial charge < -0.3 is 5.32 Å². The van der Waals surface area contributed by atoms with Gasteiger partial charge in [0.15, 0.2) is 0 Å². The molecule has 17 heavy (non-hydrogen) atoms. The lowest BCUT2D eigenvalue weighted by Gasteiger charge is -2.12. The summed E-state index contributed by atoms with van der Waals surface area (Å²) in [6.07, 6.45) is 1.82. The summed E-state index contributed by atoms with van der Waals surface area (Å²) in [6.45, 7) is 8.42. The van der Waals surface area contributed by atoms with Crippen molar-refractivity contribution in [2.45, 2.75) is 39.2 Å². The molecule has 2 aromatic heterocycles. The SMILES string of the molecule is CC(Nc1nc(C(C)(C)C)ns1)c1nccs1. The van der Waals surface area contributed by atoms with E-state index < -0.39 is 0 Å². The minimum absolute atomic E-state index is 0.000843. The quantitative estimate of drug-likeness (QED) is 0.926. The fourth-order valence-electron chi connectivity index (χ4n) is 1.28. The summed E-state index contributed by atoms with van der Waals surface area (Å²) in [4.78, 5) is 8.78. The topological polar surface area (TPSA) is 50.7 Å². The summed E-state index contributed by atoms with van der Waals surface area (Å²) in [5.74, 6) is 0.885. The second-order valence-electron chi connectivity index (χ2n) is 4.91. The monoisotopic (exact) mass is 268 g/mol. The molecule has 92 valence electrons. The van der Waals surface area contributed by atoms with E-state index in [2.05, 4.69) is 47.4 Å². The second-order valence-corrected chi connectivity index (χ2v) is 6.59. The van der Waals surface area contributed by atoms with E-state index in [1.54, 1.807) is 11.3 Å². The van der Waals surface area contributed by atoms with Crippen LogP contribution in [0.25, 0.3) is 0 Å². The van der Waals surface area contributed by atoms with Gasteiger partial charge in [0.05, 0.1) is 6.04 Å². The standard InChI is InChI=1S/C11H16N4S2/c1-7(8-12-5-6-16-8)13-10-14-9(15-17-10)11(2,3)4/h5-7H,1-4H3,(H,13,14,15). The molecule has 0 saturated carbocycles. The Morgan fingerprint density at radius 1 is 1.35 bits per heavy atom. The van der Waals surface area contributed by atoms with Gasteiger partial charge >= 0.3 is 0 Å². The lowest BCUT2D eigenvalue weighted by atomic mass is 9.96. The smallest absolute Gasteiger partial charge is 0.203 e. The molecule has 0 aliphatic carbocycles. The molecular formula is C11H16N4S2. The van der Waals surface area contributed by atoms with Crippen LogP contribution >= 0.6 is 22.9 Å². The molecule has 2 aromatic rings. The third-order valence-corrected chi connectivity index (χ3v) is 3.86. The molecule has 0 saturated heterocycles. The largest absolute Gasteiger partial charge is 0.351 e. The molecule has 2 rings (SSSR count). The van der Waals surface area contributed by atoms with Crippen molar-refractivity contribution in [3.63, 3.8) is 0 Å². The van der Waals surface area contributed by atoms with Crippen LogP contribution < -0.4 is 5.32 Å². The molecule has 4 nitrogen and oxygen atoms in total. The third kappa shape index (κ3) is 3.01. The Hall–Kier alpha value is -1.01. The Labute approximate surface area is 109 Å². The highest BCUT2D eigenvalue weighted by Crippen LogP contribution is 2.26. The van der Waals surface area contributed by atoms with E-state index in [0.29, 0.717) is 0 Å². The van der Waals surface area contributed by atoms with Gasteiger partial charge in [-0.3, -0.25) is 0 Å². The molecule has 0 aliphatic rings. The van der Waals surface area contributed by atoms with Crippen LogP contribution in [-0.2, 0) is 5.41 Å². The molecular weight excluding hydrogens is 252 g/mol. The van der Waals surface area contributed by atoms with Gasteiger partial charge in [-0.1, -0.05) is 20.8 Å².